The summed E-state index contributed by atoms with van der Waals surface area (Å²) in [5.74, 6) is 0.640. The number of hydrogen-bond donors (Lipinski definition) is 0. The molecule has 0 unspecified atom stereocenters. The van der Waals surface area contributed by atoms with Crippen LogP contribution in [-0.2, 0) is 0 Å². The zero-order valence-electron chi connectivity index (χ0n) is 30.3. The van der Waals surface area contributed by atoms with Crippen LogP contribution in [0.25, 0.3) is 106 Å². The fourth-order valence-corrected chi connectivity index (χ4v) is 8.24. The molecule has 0 aliphatic rings. The van der Waals surface area contributed by atoms with Gasteiger partial charge in [-0.05, 0) is 75.8 Å². The molecule has 3 aromatic heterocycles. The Balaban J connectivity index is 1.08. The van der Waals surface area contributed by atoms with Crippen LogP contribution in [0.4, 0.5) is 0 Å². The number of furan rings is 1. The maximum atomic E-state index is 6.17. The van der Waals surface area contributed by atoms with Gasteiger partial charge in [0.05, 0.1) is 22.4 Å². The molecule has 0 atom stereocenters. The van der Waals surface area contributed by atoms with E-state index in [0.717, 1.165) is 77.4 Å². The maximum Gasteiger partial charge on any atom is 0.235 e. The van der Waals surface area contributed by atoms with E-state index in [0.29, 0.717) is 5.95 Å². The lowest BCUT2D eigenvalue weighted by atomic mass is 9.89. The highest BCUT2D eigenvalue weighted by Crippen LogP contribution is 2.42. The first-order chi connectivity index (χ1) is 27.8. The highest BCUT2D eigenvalue weighted by atomic mass is 16.3. The molecule has 0 N–H and O–H groups in total. The first-order valence-electron chi connectivity index (χ1n) is 18.9. The first-order valence-corrected chi connectivity index (χ1v) is 18.9. The molecule has 0 aliphatic carbocycles. The van der Waals surface area contributed by atoms with Gasteiger partial charge in [0.25, 0.3) is 0 Å². The van der Waals surface area contributed by atoms with Crippen LogP contribution >= 0.6 is 0 Å². The van der Waals surface area contributed by atoms with E-state index in [2.05, 4.69) is 180 Å². The van der Waals surface area contributed by atoms with Gasteiger partial charge in [-0.15, -0.1) is 0 Å². The van der Waals surface area contributed by atoms with Crippen molar-refractivity contribution in [1.82, 2.24) is 14.5 Å². The molecular formula is C52H33N3O. The summed E-state index contributed by atoms with van der Waals surface area (Å²) in [5, 5.41) is 4.55. The van der Waals surface area contributed by atoms with E-state index in [1.807, 2.05) is 24.3 Å². The van der Waals surface area contributed by atoms with Crippen LogP contribution in [0.3, 0.4) is 0 Å². The predicted molar refractivity (Wildman–Crippen MR) is 231 cm³/mol. The van der Waals surface area contributed by atoms with Crippen molar-refractivity contribution >= 4 is 43.7 Å². The van der Waals surface area contributed by atoms with Gasteiger partial charge in [-0.2, -0.15) is 0 Å². The van der Waals surface area contributed by atoms with Gasteiger partial charge in [0.2, 0.25) is 5.95 Å². The molecule has 0 spiro atoms. The second kappa shape index (κ2) is 13.1. The van der Waals surface area contributed by atoms with Crippen molar-refractivity contribution in [3.63, 3.8) is 0 Å². The average molecular weight is 716 g/mol. The van der Waals surface area contributed by atoms with Gasteiger partial charge in [0, 0.05) is 32.7 Å². The zero-order chi connectivity index (χ0) is 37.0. The van der Waals surface area contributed by atoms with E-state index in [1.165, 1.54) is 22.3 Å². The molecule has 8 aromatic carbocycles. The summed E-state index contributed by atoms with van der Waals surface area (Å²) in [6.07, 6.45) is 0. The Bertz CT molecular complexity index is 3190. The van der Waals surface area contributed by atoms with Crippen molar-refractivity contribution in [1.29, 1.82) is 0 Å². The Morgan fingerprint density at radius 2 is 0.804 bits per heavy atom. The van der Waals surface area contributed by atoms with Gasteiger partial charge in [0.15, 0.2) is 0 Å². The van der Waals surface area contributed by atoms with Gasteiger partial charge in [-0.25, -0.2) is 9.97 Å². The van der Waals surface area contributed by atoms with Crippen LogP contribution < -0.4 is 0 Å². The van der Waals surface area contributed by atoms with E-state index in [-0.39, 0.29) is 0 Å². The highest BCUT2D eigenvalue weighted by molar-refractivity contribution is 6.11. The summed E-state index contributed by atoms with van der Waals surface area (Å²) < 4.78 is 8.39. The molecule has 56 heavy (non-hydrogen) atoms. The summed E-state index contributed by atoms with van der Waals surface area (Å²) in [6.45, 7) is 0. The largest absolute Gasteiger partial charge is 0.456 e. The van der Waals surface area contributed by atoms with Gasteiger partial charge in [-0.3, -0.25) is 4.57 Å². The monoisotopic (exact) mass is 715 g/mol. The van der Waals surface area contributed by atoms with Crippen LogP contribution in [0.2, 0.25) is 0 Å². The molecule has 4 nitrogen and oxygen atoms in total. The maximum absolute atomic E-state index is 6.17. The van der Waals surface area contributed by atoms with Crippen molar-refractivity contribution in [3.8, 4) is 61.8 Å². The minimum absolute atomic E-state index is 0.640. The number of rotatable bonds is 6. The van der Waals surface area contributed by atoms with E-state index >= 15 is 0 Å². The number of nitrogens with zero attached hydrogens (tertiary/aromatic N) is 3. The average Bonchev–Trinajstić information content (AvgIpc) is 3.82. The fourth-order valence-electron chi connectivity index (χ4n) is 8.24. The summed E-state index contributed by atoms with van der Waals surface area (Å²) in [7, 11) is 0. The molecule has 0 saturated heterocycles. The Hall–Kier alpha value is -7.56. The molecule has 3 heterocycles. The van der Waals surface area contributed by atoms with Gasteiger partial charge >= 0.3 is 0 Å². The van der Waals surface area contributed by atoms with Crippen LogP contribution in [0.1, 0.15) is 0 Å². The van der Waals surface area contributed by atoms with Crippen LogP contribution in [-0.4, -0.2) is 14.5 Å². The van der Waals surface area contributed by atoms with Crippen molar-refractivity contribution in [3.05, 3.63) is 200 Å². The Morgan fingerprint density at radius 1 is 0.321 bits per heavy atom. The van der Waals surface area contributed by atoms with Crippen molar-refractivity contribution in [2.75, 3.05) is 0 Å². The van der Waals surface area contributed by atoms with Gasteiger partial charge < -0.3 is 4.42 Å². The number of para-hydroxylation sites is 2. The summed E-state index contributed by atoms with van der Waals surface area (Å²) in [5.41, 5.74) is 14.8. The lowest BCUT2D eigenvalue weighted by molar-refractivity contribution is 0.669. The topological polar surface area (TPSA) is 43.9 Å². The van der Waals surface area contributed by atoms with Crippen LogP contribution in [0.5, 0.6) is 0 Å². The number of aromatic nitrogens is 3. The Labute approximate surface area is 323 Å². The van der Waals surface area contributed by atoms with Crippen LogP contribution in [0.15, 0.2) is 205 Å². The smallest absolute Gasteiger partial charge is 0.235 e. The van der Waals surface area contributed by atoms with Crippen molar-refractivity contribution in [2.45, 2.75) is 0 Å². The molecule has 0 bridgehead atoms. The van der Waals surface area contributed by atoms with E-state index < -0.39 is 0 Å². The Kier molecular flexibility index (Phi) is 7.46. The Morgan fingerprint density at radius 3 is 1.46 bits per heavy atom. The normalized spacial score (nSPS) is 11.6. The minimum atomic E-state index is 0.640. The van der Waals surface area contributed by atoms with E-state index in [9.17, 15) is 0 Å². The fraction of sp³-hybridized carbons (Fsp3) is 0. The zero-order valence-corrected chi connectivity index (χ0v) is 30.3. The summed E-state index contributed by atoms with van der Waals surface area (Å²) in [4.78, 5) is 10.4. The SMILES string of the molecule is c1ccc(-c2cc(-c3ccccc3)nc(-n3c4ccccc4c4cc(-c5ccccc5-c5ccccc5-c5ccc6oc7ccccc7c6c5)ccc43)n2)cc1. The molecule has 4 heteroatoms. The van der Waals surface area contributed by atoms with Gasteiger partial charge in [-0.1, -0.05) is 158 Å². The predicted octanol–water partition coefficient (Wildman–Crippen LogP) is 13.8. The molecule has 0 saturated carbocycles. The summed E-state index contributed by atoms with van der Waals surface area (Å²) >= 11 is 0. The molecular weight excluding hydrogens is 683 g/mol. The van der Waals surface area contributed by atoms with Crippen LogP contribution in [0, 0.1) is 0 Å². The molecule has 0 amide bonds. The standard InChI is InChI=1S/C52H33N3O/c1-3-15-34(16-4-1)46-33-47(35-17-5-2-6-18-35)54-52(53-46)55-48-25-13-11-23-42(48)44-31-36(27-29-49(44)55)38-19-7-9-21-40(38)41-22-10-8-20-39(41)37-28-30-51-45(32-37)43-24-12-14-26-50(43)56-51/h1-33H. The third-order valence-corrected chi connectivity index (χ3v) is 10.9. The molecule has 0 fully saturated rings. The third kappa shape index (κ3) is 5.31. The molecule has 0 radical (unpaired) electrons. The van der Waals surface area contributed by atoms with E-state index in [1.54, 1.807) is 0 Å². The quantitative estimate of drug-likeness (QED) is 0.172. The highest BCUT2D eigenvalue weighted by Gasteiger charge is 2.19. The van der Waals surface area contributed by atoms with Crippen molar-refractivity contribution < 1.29 is 4.42 Å². The minimum Gasteiger partial charge on any atom is -0.456 e. The molecule has 262 valence electrons. The third-order valence-electron chi connectivity index (χ3n) is 10.9. The second-order valence-corrected chi connectivity index (χ2v) is 14.2. The number of fused-ring (bicyclic) bond motifs is 6. The van der Waals surface area contributed by atoms with Crippen molar-refractivity contribution in [2.24, 2.45) is 0 Å². The lowest BCUT2D eigenvalue weighted by Gasteiger charge is -2.15. The number of benzene rings is 8. The molecule has 0 aliphatic heterocycles. The molecule has 11 rings (SSSR count). The molecule has 11 aromatic rings. The second-order valence-electron chi connectivity index (χ2n) is 14.2. The van der Waals surface area contributed by atoms with E-state index in [4.69, 9.17) is 14.4 Å². The number of hydrogen-bond acceptors (Lipinski definition) is 3. The lowest BCUT2D eigenvalue weighted by Crippen LogP contribution is -2.04. The summed E-state index contributed by atoms with van der Waals surface area (Å²) in [6, 6.07) is 70.4. The first kappa shape index (κ1) is 31.9. The van der Waals surface area contributed by atoms with Gasteiger partial charge in [0.1, 0.15) is 11.2 Å².